The number of ether oxygens (including phenoxy) is 1. The van der Waals surface area contributed by atoms with E-state index in [1.54, 1.807) is 0 Å². The van der Waals surface area contributed by atoms with Gasteiger partial charge >= 0.3 is 0 Å². The molecule has 0 heterocycles. The standard InChI is InChI=1S/C12H18O.2C2H6/c1-10-6-5-7-11(8-10)13-9-12(2,3)4;2*1-2/h5-8H,9H2,1-4H3;2*1-2H3. The number of hydrogen-bond acceptors (Lipinski definition) is 1. The molecule has 1 aromatic rings. The zero-order chi connectivity index (χ0) is 13.9. The molecule has 17 heavy (non-hydrogen) atoms. The molecule has 0 amide bonds. The lowest BCUT2D eigenvalue weighted by atomic mass is 9.99. The quantitative estimate of drug-likeness (QED) is 0.663. The number of hydrogen-bond donors (Lipinski definition) is 0. The van der Waals surface area contributed by atoms with Crippen LogP contribution in [0.2, 0.25) is 0 Å². The molecule has 0 N–H and O–H groups in total. The van der Waals surface area contributed by atoms with Crippen LogP contribution in [-0.2, 0) is 0 Å². The molecular formula is C16H30O. The highest BCUT2D eigenvalue weighted by atomic mass is 16.5. The minimum absolute atomic E-state index is 0.226. The van der Waals surface area contributed by atoms with Crippen molar-refractivity contribution in [2.75, 3.05) is 6.61 Å². The molecular weight excluding hydrogens is 208 g/mol. The maximum absolute atomic E-state index is 5.65. The summed E-state index contributed by atoms with van der Waals surface area (Å²) in [5.41, 5.74) is 1.47. The van der Waals surface area contributed by atoms with Crippen LogP contribution in [0.3, 0.4) is 0 Å². The Kier molecular flexibility index (Phi) is 11.0. The van der Waals surface area contributed by atoms with Crippen LogP contribution in [0.5, 0.6) is 5.75 Å². The third-order valence-corrected chi connectivity index (χ3v) is 1.66. The van der Waals surface area contributed by atoms with E-state index in [-0.39, 0.29) is 5.41 Å². The molecule has 0 aliphatic heterocycles. The summed E-state index contributed by atoms with van der Waals surface area (Å²) in [4.78, 5) is 0. The summed E-state index contributed by atoms with van der Waals surface area (Å²) in [6.45, 7) is 17.3. The van der Waals surface area contributed by atoms with E-state index >= 15 is 0 Å². The first-order chi connectivity index (χ1) is 7.97. The van der Waals surface area contributed by atoms with E-state index < -0.39 is 0 Å². The Morgan fingerprint density at radius 3 is 1.94 bits per heavy atom. The second-order valence-corrected chi connectivity index (χ2v) is 4.67. The summed E-state index contributed by atoms with van der Waals surface area (Å²) in [5, 5.41) is 0. The summed E-state index contributed by atoms with van der Waals surface area (Å²) >= 11 is 0. The highest BCUT2D eigenvalue weighted by Crippen LogP contribution is 2.18. The van der Waals surface area contributed by atoms with Crippen molar-refractivity contribution in [2.45, 2.75) is 55.4 Å². The Bertz CT molecular complexity index is 271. The minimum Gasteiger partial charge on any atom is -0.493 e. The zero-order valence-electron chi connectivity index (χ0n) is 12.9. The molecule has 1 nitrogen and oxygen atoms in total. The molecule has 0 aromatic heterocycles. The molecule has 0 atom stereocenters. The van der Waals surface area contributed by atoms with Crippen LogP contribution in [-0.4, -0.2) is 6.61 Å². The van der Waals surface area contributed by atoms with E-state index in [1.807, 2.05) is 39.8 Å². The summed E-state index contributed by atoms with van der Waals surface area (Å²) in [7, 11) is 0. The lowest BCUT2D eigenvalue weighted by Crippen LogP contribution is -2.16. The Labute approximate surface area is 108 Å². The van der Waals surface area contributed by atoms with Gasteiger partial charge in [0.1, 0.15) is 5.75 Å². The molecule has 0 radical (unpaired) electrons. The van der Waals surface area contributed by atoms with Crippen molar-refractivity contribution < 1.29 is 4.74 Å². The molecule has 0 aliphatic rings. The highest BCUT2D eigenvalue weighted by molar-refractivity contribution is 5.27. The molecule has 100 valence electrons. The highest BCUT2D eigenvalue weighted by Gasteiger charge is 2.10. The monoisotopic (exact) mass is 238 g/mol. The Morgan fingerprint density at radius 2 is 1.53 bits per heavy atom. The van der Waals surface area contributed by atoms with Gasteiger partial charge in [0.15, 0.2) is 0 Å². The molecule has 0 fully saturated rings. The normalized spacial score (nSPS) is 9.41. The predicted molar refractivity (Wildman–Crippen MR) is 78.8 cm³/mol. The molecule has 0 aliphatic carbocycles. The van der Waals surface area contributed by atoms with Crippen LogP contribution >= 0.6 is 0 Å². The van der Waals surface area contributed by atoms with Gasteiger partial charge in [-0.05, 0) is 30.0 Å². The topological polar surface area (TPSA) is 9.23 Å². The van der Waals surface area contributed by atoms with Crippen molar-refractivity contribution in [2.24, 2.45) is 5.41 Å². The SMILES string of the molecule is CC.CC.Cc1cccc(OCC(C)(C)C)c1. The van der Waals surface area contributed by atoms with Crippen LogP contribution in [0.15, 0.2) is 24.3 Å². The van der Waals surface area contributed by atoms with Crippen LogP contribution in [0.1, 0.15) is 54.0 Å². The number of rotatable bonds is 2. The lowest BCUT2D eigenvalue weighted by Gasteiger charge is -2.18. The fraction of sp³-hybridized carbons (Fsp3) is 0.625. The molecule has 1 rings (SSSR count). The van der Waals surface area contributed by atoms with E-state index in [4.69, 9.17) is 4.74 Å². The molecule has 0 bridgehead atoms. The fourth-order valence-electron chi connectivity index (χ4n) is 1.00. The Morgan fingerprint density at radius 1 is 1.00 bits per heavy atom. The average Bonchev–Trinajstić information content (AvgIpc) is 2.31. The van der Waals surface area contributed by atoms with Crippen molar-refractivity contribution in [3.63, 3.8) is 0 Å². The van der Waals surface area contributed by atoms with Crippen molar-refractivity contribution in [1.29, 1.82) is 0 Å². The average molecular weight is 238 g/mol. The van der Waals surface area contributed by atoms with Gasteiger partial charge < -0.3 is 4.74 Å². The van der Waals surface area contributed by atoms with Crippen LogP contribution in [0.25, 0.3) is 0 Å². The predicted octanol–water partition coefficient (Wildman–Crippen LogP) is 5.47. The molecule has 0 saturated carbocycles. The summed E-state index contributed by atoms with van der Waals surface area (Å²) in [6.07, 6.45) is 0. The smallest absolute Gasteiger partial charge is 0.119 e. The summed E-state index contributed by atoms with van der Waals surface area (Å²) in [5.74, 6) is 0.968. The first kappa shape index (κ1) is 18.4. The summed E-state index contributed by atoms with van der Waals surface area (Å²) in [6, 6.07) is 8.15. The molecule has 0 unspecified atom stereocenters. The van der Waals surface area contributed by atoms with Gasteiger partial charge in [-0.3, -0.25) is 0 Å². The first-order valence-corrected chi connectivity index (χ1v) is 6.67. The van der Waals surface area contributed by atoms with Gasteiger partial charge in [0, 0.05) is 0 Å². The van der Waals surface area contributed by atoms with Crippen molar-refractivity contribution in [3.05, 3.63) is 29.8 Å². The third kappa shape index (κ3) is 11.3. The third-order valence-electron chi connectivity index (χ3n) is 1.66. The Hall–Kier alpha value is -0.980. The Balaban J connectivity index is 0. The zero-order valence-corrected chi connectivity index (χ0v) is 12.9. The van der Waals surface area contributed by atoms with Gasteiger partial charge in [-0.2, -0.15) is 0 Å². The van der Waals surface area contributed by atoms with Crippen LogP contribution in [0, 0.1) is 12.3 Å². The van der Waals surface area contributed by atoms with Gasteiger partial charge in [-0.1, -0.05) is 60.6 Å². The van der Waals surface area contributed by atoms with Crippen LogP contribution in [0.4, 0.5) is 0 Å². The van der Waals surface area contributed by atoms with E-state index in [0.29, 0.717) is 0 Å². The minimum atomic E-state index is 0.226. The maximum atomic E-state index is 5.65. The summed E-state index contributed by atoms with van der Waals surface area (Å²) < 4.78 is 5.65. The second kappa shape index (κ2) is 10.2. The van der Waals surface area contributed by atoms with Gasteiger partial charge in [0.25, 0.3) is 0 Å². The van der Waals surface area contributed by atoms with Crippen molar-refractivity contribution >= 4 is 0 Å². The lowest BCUT2D eigenvalue weighted by molar-refractivity contribution is 0.198. The maximum Gasteiger partial charge on any atom is 0.119 e. The first-order valence-electron chi connectivity index (χ1n) is 6.67. The van der Waals surface area contributed by atoms with Crippen molar-refractivity contribution in [1.82, 2.24) is 0 Å². The van der Waals surface area contributed by atoms with Crippen molar-refractivity contribution in [3.8, 4) is 5.75 Å². The van der Waals surface area contributed by atoms with Gasteiger partial charge in [-0.25, -0.2) is 0 Å². The van der Waals surface area contributed by atoms with Crippen LogP contribution < -0.4 is 4.74 Å². The second-order valence-electron chi connectivity index (χ2n) is 4.67. The fourth-order valence-corrected chi connectivity index (χ4v) is 1.00. The number of aryl methyl sites for hydroxylation is 1. The van der Waals surface area contributed by atoms with E-state index in [1.165, 1.54) is 5.56 Å². The van der Waals surface area contributed by atoms with Gasteiger partial charge in [0.05, 0.1) is 6.61 Å². The number of benzene rings is 1. The van der Waals surface area contributed by atoms with Gasteiger partial charge in [-0.15, -0.1) is 0 Å². The molecule has 0 spiro atoms. The van der Waals surface area contributed by atoms with Gasteiger partial charge in [0.2, 0.25) is 0 Å². The largest absolute Gasteiger partial charge is 0.493 e. The van der Waals surface area contributed by atoms with E-state index in [2.05, 4.69) is 39.8 Å². The molecule has 1 heteroatoms. The molecule has 0 saturated heterocycles. The van der Waals surface area contributed by atoms with E-state index in [9.17, 15) is 0 Å². The van der Waals surface area contributed by atoms with E-state index in [0.717, 1.165) is 12.4 Å². The molecule has 1 aromatic carbocycles.